The molecular formula is C24H35NO4S. The number of carbonyl (C=O) groups excluding carboxylic acids is 1. The van der Waals surface area contributed by atoms with E-state index < -0.39 is 0 Å². The van der Waals surface area contributed by atoms with Crippen molar-refractivity contribution in [3.05, 3.63) is 15.8 Å². The molecule has 1 saturated heterocycles. The molecule has 30 heavy (non-hydrogen) atoms. The first-order chi connectivity index (χ1) is 14.2. The molecule has 2 aliphatic rings. The summed E-state index contributed by atoms with van der Waals surface area (Å²) in [7, 11) is 1.42. The van der Waals surface area contributed by atoms with Crippen LogP contribution >= 0.6 is 11.3 Å². The number of rotatable bonds is 6. The normalized spacial score (nSPS) is 26.7. The smallest absolute Gasteiger partial charge is 0.350 e. The Morgan fingerprint density at radius 3 is 2.67 bits per heavy atom. The maximum absolute atomic E-state index is 12.3. The van der Waals surface area contributed by atoms with E-state index >= 15 is 0 Å². The van der Waals surface area contributed by atoms with Crippen molar-refractivity contribution in [2.75, 3.05) is 32.2 Å². The first-order valence-corrected chi connectivity index (χ1v) is 11.7. The van der Waals surface area contributed by atoms with Crippen LogP contribution in [0.2, 0.25) is 0 Å². The Bertz CT molecular complexity index is 784. The Morgan fingerprint density at radius 2 is 2.07 bits per heavy atom. The SMILES string of the molecule is COC(=O)c1sc(C#CC(C)(C)C)cc1NC1CCC(C)(CO[C@H]2CCOC2)CC1. The molecule has 3 rings (SSSR count). The van der Waals surface area contributed by atoms with Crippen LogP contribution in [0, 0.1) is 22.7 Å². The highest BCUT2D eigenvalue weighted by molar-refractivity contribution is 7.15. The van der Waals surface area contributed by atoms with Gasteiger partial charge < -0.3 is 19.5 Å². The number of carbonyl (C=O) groups is 1. The second kappa shape index (κ2) is 9.72. The molecule has 1 N–H and O–H groups in total. The minimum absolute atomic E-state index is 0.0798. The molecule has 1 saturated carbocycles. The fraction of sp³-hybridized carbons (Fsp3) is 0.708. The van der Waals surface area contributed by atoms with Crippen molar-refractivity contribution in [3.63, 3.8) is 0 Å². The van der Waals surface area contributed by atoms with Crippen molar-refractivity contribution in [3.8, 4) is 11.8 Å². The largest absolute Gasteiger partial charge is 0.465 e. The van der Waals surface area contributed by atoms with Crippen LogP contribution in [0.5, 0.6) is 0 Å². The quantitative estimate of drug-likeness (QED) is 0.500. The van der Waals surface area contributed by atoms with Gasteiger partial charge >= 0.3 is 5.97 Å². The average Bonchev–Trinajstić information content (AvgIpc) is 3.36. The molecule has 0 amide bonds. The third-order valence-corrected chi connectivity index (χ3v) is 6.80. The van der Waals surface area contributed by atoms with Gasteiger partial charge in [0.2, 0.25) is 0 Å². The first-order valence-electron chi connectivity index (χ1n) is 10.9. The summed E-state index contributed by atoms with van der Waals surface area (Å²) in [4.78, 5) is 13.8. The Morgan fingerprint density at radius 1 is 1.33 bits per heavy atom. The fourth-order valence-electron chi connectivity index (χ4n) is 3.84. The lowest BCUT2D eigenvalue weighted by Crippen LogP contribution is -2.35. The lowest BCUT2D eigenvalue weighted by atomic mass is 9.74. The molecule has 166 valence electrons. The highest BCUT2D eigenvalue weighted by atomic mass is 32.1. The van der Waals surface area contributed by atoms with E-state index in [1.807, 2.05) is 6.07 Å². The van der Waals surface area contributed by atoms with Crippen LogP contribution in [0.25, 0.3) is 0 Å². The second-order valence-electron chi connectivity index (χ2n) is 9.87. The summed E-state index contributed by atoms with van der Waals surface area (Å²) in [5, 5.41) is 3.60. The van der Waals surface area contributed by atoms with E-state index in [4.69, 9.17) is 14.2 Å². The van der Waals surface area contributed by atoms with Crippen molar-refractivity contribution < 1.29 is 19.0 Å². The van der Waals surface area contributed by atoms with Gasteiger partial charge in [-0.05, 0) is 64.4 Å². The van der Waals surface area contributed by atoms with Gasteiger partial charge in [0.1, 0.15) is 4.88 Å². The standard InChI is InChI=1S/C24H35NO4S/c1-23(2,3)10-8-19-14-20(21(30-19)22(26)27-5)25-17-6-11-24(4,12-7-17)16-29-18-9-13-28-15-18/h14,17-18,25H,6-7,9,11-13,15-16H2,1-5H3/t17?,18-,24?/m0/s1. The van der Waals surface area contributed by atoms with Gasteiger partial charge in [-0.1, -0.05) is 18.8 Å². The van der Waals surface area contributed by atoms with E-state index in [-0.39, 0.29) is 22.9 Å². The number of hydrogen-bond donors (Lipinski definition) is 1. The third-order valence-electron chi connectivity index (χ3n) is 5.77. The van der Waals surface area contributed by atoms with Crippen molar-refractivity contribution in [1.29, 1.82) is 0 Å². The Balaban J connectivity index is 1.61. The lowest BCUT2D eigenvalue weighted by Gasteiger charge is -2.38. The van der Waals surface area contributed by atoms with E-state index in [0.717, 1.165) is 62.5 Å². The van der Waals surface area contributed by atoms with Gasteiger partial charge in [0.15, 0.2) is 0 Å². The predicted molar refractivity (Wildman–Crippen MR) is 121 cm³/mol. The number of nitrogens with one attached hydrogen (secondary N) is 1. The molecule has 0 bridgehead atoms. The third kappa shape index (κ3) is 6.47. The highest BCUT2D eigenvalue weighted by Gasteiger charge is 2.33. The number of esters is 1. The van der Waals surface area contributed by atoms with E-state index in [9.17, 15) is 4.79 Å². The maximum Gasteiger partial charge on any atom is 0.350 e. The van der Waals surface area contributed by atoms with Crippen LogP contribution in [-0.4, -0.2) is 45.0 Å². The average molecular weight is 434 g/mol. The minimum Gasteiger partial charge on any atom is -0.465 e. The summed E-state index contributed by atoms with van der Waals surface area (Å²) < 4.78 is 16.5. The molecule has 0 aromatic carbocycles. The van der Waals surface area contributed by atoms with E-state index in [1.54, 1.807) is 0 Å². The summed E-state index contributed by atoms with van der Waals surface area (Å²) >= 11 is 1.40. The summed E-state index contributed by atoms with van der Waals surface area (Å²) in [5.74, 6) is 6.15. The van der Waals surface area contributed by atoms with Gasteiger partial charge in [0.05, 0.1) is 37.0 Å². The molecule has 5 nitrogen and oxygen atoms in total. The number of anilines is 1. The van der Waals surface area contributed by atoms with E-state index in [0.29, 0.717) is 10.9 Å². The Kier molecular flexibility index (Phi) is 7.49. The van der Waals surface area contributed by atoms with Crippen LogP contribution in [0.1, 0.15) is 74.3 Å². The molecule has 2 heterocycles. The first kappa shape index (κ1) is 23.1. The summed E-state index contributed by atoms with van der Waals surface area (Å²) in [6.07, 6.45) is 5.59. The number of methoxy groups -OCH3 is 1. The molecule has 1 aliphatic heterocycles. The van der Waals surface area contributed by atoms with Gasteiger partial charge in [-0.15, -0.1) is 11.3 Å². The van der Waals surface area contributed by atoms with Gasteiger partial charge in [-0.3, -0.25) is 0 Å². The fourth-order valence-corrected chi connectivity index (χ4v) is 4.73. The van der Waals surface area contributed by atoms with Crippen LogP contribution in [0.15, 0.2) is 6.07 Å². The summed E-state index contributed by atoms with van der Waals surface area (Å²) in [6.45, 7) is 10.9. The molecule has 1 aliphatic carbocycles. The van der Waals surface area contributed by atoms with Crippen molar-refractivity contribution in [2.45, 2.75) is 71.9 Å². The zero-order valence-corrected chi connectivity index (χ0v) is 19.7. The van der Waals surface area contributed by atoms with Crippen LogP contribution in [0.4, 0.5) is 5.69 Å². The number of hydrogen-bond acceptors (Lipinski definition) is 6. The van der Waals surface area contributed by atoms with Crippen LogP contribution < -0.4 is 5.32 Å². The van der Waals surface area contributed by atoms with Gasteiger partial charge in [0, 0.05) is 18.1 Å². The molecular weight excluding hydrogens is 398 g/mol. The van der Waals surface area contributed by atoms with Crippen molar-refractivity contribution in [1.82, 2.24) is 0 Å². The van der Waals surface area contributed by atoms with Crippen LogP contribution in [0.3, 0.4) is 0 Å². The Labute approximate surface area is 184 Å². The molecule has 1 atom stereocenters. The summed E-state index contributed by atoms with van der Waals surface area (Å²) in [5.41, 5.74) is 0.978. The van der Waals surface area contributed by atoms with Gasteiger partial charge in [-0.25, -0.2) is 4.79 Å². The lowest BCUT2D eigenvalue weighted by molar-refractivity contribution is -0.0210. The van der Waals surface area contributed by atoms with Crippen LogP contribution in [-0.2, 0) is 14.2 Å². The predicted octanol–water partition coefficient (Wildman–Crippen LogP) is 5.10. The molecule has 2 fully saturated rings. The molecule has 0 unspecified atom stereocenters. The van der Waals surface area contributed by atoms with Crippen molar-refractivity contribution in [2.24, 2.45) is 10.8 Å². The van der Waals surface area contributed by atoms with Gasteiger partial charge in [-0.2, -0.15) is 0 Å². The molecule has 0 spiro atoms. The second-order valence-corrected chi connectivity index (χ2v) is 10.9. The van der Waals surface area contributed by atoms with E-state index in [1.165, 1.54) is 18.4 Å². The van der Waals surface area contributed by atoms with Crippen molar-refractivity contribution >= 4 is 23.0 Å². The summed E-state index contributed by atoms with van der Waals surface area (Å²) in [6, 6.07) is 2.33. The van der Waals surface area contributed by atoms with E-state index in [2.05, 4.69) is 44.9 Å². The maximum atomic E-state index is 12.3. The topological polar surface area (TPSA) is 56.8 Å². The molecule has 1 aromatic rings. The molecule has 6 heteroatoms. The number of ether oxygens (including phenoxy) is 3. The van der Waals surface area contributed by atoms with Gasteiger partial charge in [0.25, 0.3) is 0 Å². The zero-order valence-electron chi connectivity index (χ0n) is 18.9. The Hall–Kier alpha value is -1.55. The number of thiophene rings is 1. The zero-order chi connectivity index (χ0) is 21.8. The monoisotopic (exact) mass is 433 g/mol. The minimum atomic E-state index is -0.306. The molecule has 0 radical (unpaired) electrons. The molecule has 1 aromatic heterocycles. The highest BCUT2D eigenvalue weighted by Crippen LogP contribution is 2.39.